The van der Waals surface area contributed by atoms with Gasteiger partial charge in [0.15, 0.2) is 0 Å². The van der Waals surface area contributed by atoms with Crippen LogP contribution in [0.25, 0.3) is 0 Å². The lowest BCUT2D eigenvalue weighted by atomic mass is 10.0. The fourth-order valence-electron chi connectivity index (χ4n) is 5.12. The monoisotopic (exact) mass is 760 g/mol. The summed E-state index contributed by atoms with van der Waals surface area (Å²) in [6.07, 6.45) is -1.31. The molecule has 0 spiro atoms. The summed E-state index contributed by atoms with van der Waals surface area (Å²) in [5, 5.41) is 34.6. The van der Waals surface area contributed by atoms with Crippen molar-refractivity contribution in [3.05, 3.63) is 102 Å². The van der Waals surface area contributed by atoms with E-state index in [-0.39, 0.29) is 25.0 Å². The van der Waals surface area contributed by atoms with E-state index >= 15 is 0 Å². The van der Waals surface area contributed by atoms with Crippen molar-refractivity contribution in [2.45, 2.75) is 69.4 Å². The van der Waals surface area contributed by atoms with Crippen molar-refractivity contribution in [3.63, 3.8) is 0 Å². The van der Waals surface area contributed by atoms with Crippen LogP contribution in [0.3, 0.4) is 0 Å². The first-order valence-corrected chi connectivity index (χ1v) is 17.5. The molecular weight excluding hydrogens is 712 g/mol. The van der Waals surface area contributed by atoms with Crippen molar-refractivity contribution in [2.24, 2.45) is 11.5 Å². The van der Waals surface area contributed by atoms with E-state index in [0.717, 1.165) is 0 Å². The highest BCUT2D eigenvalue weighted by Crippen LogP contribution is 2.13. The summed E-state index contributed by atoms with van der Waals surface area (Å²) in [6.45, 7) is 1.62. The summed E-state index contributed by atoms with van der Waals surface area (Å²) in [7, 11) is 0. The number of carbonyl (C=O) groups excluding carboxylic acids is 7. The van der Waals surface area contributed by atoms with Crippen LogP contribution >= 0.6 is 0 Å². The van der Waals surface area contributed by atoms with Crippen LogP contribution in [0.4, 0.5) is 0 Å². The normalized spacial score (nSPS) is 14.0. The predicted molar refractivity (Wildman–Crippen MR) is 200 cm³/mol. The quantitative estimate of drug-likeness (QED) is 0.0594. The number of aromatic hydroxyl groups is 1. The third kappa shape index (κ3) is 14.9. The number of hydrogen-bond donors (Lipinski definition) is 10. The average molecular weight is 761 g/mol. The Balaban J connectivity index is 1.83. The minimum atomic E-state index is -1.33. The van der Waals surface area contributed by atoms with E-state index in [1.807, 2.05) is 0 Å². The van der Waals surface area contributed by atoms with Gasteiger partial charge in [0.1, 0.15) is 36.0 Å². The molecule has 0 heterocycles. The summed E-state index contributed by atoms with van der Waals surface area (Å²) in [5.41, 5.74) is 12.8. The minimum Gasteiger partial charge on any atom is -0.508 e. The number of primary amides is 1. The van der Waals surface area contributed by atoms with Gasteiger partial charge in [-0.25, -0.2) is 0 Å². The molecule has 17 heteroatoms. The van der Waals surface area contributed by atoms with Crippen LogP contribution in [0.1, 0.15) is 30.5 Å². The smallest absolute Gasteiger partial charge is 0.243 e. The maximum Gasteiger partial charge on any atom is 0.243 e. The molecular formula is C38H48N8O9. The van der Waals surface area contributed by atoms with Gasteiger partial charge in [-0.15, -0.1) is 0 Å². The molecule has 0 radical (unpaired) electrons. The first-order valence-electron chi connectivity index (χ1n) is 17.5. The molecule has 12 N–H and O–H groups in total. The summed E-state index contributed by atoms with van der Waals surface area (Å²) in [6, 6.07) is 17.3. The van der Waals surface area contributed by atoms with Gasteiger partial charge in [-0.3, -0.25) is 33.6 Å². The Bertz CT molecular complexity index is 1780. The number of rotatable bonds is 20. The highest BCUT2D eigenvalue weighted by molar-refractivity contribution is 5.96. The van der Waals surface area contributed by atoms with Gasteiger partial charge in [0, 0.05) is 19.3 Å². The van der Waals surface area contributed by atoms with Crippen molar-refractivity contribution in [1.82, 2.24) is 31.9 Å². The number of nitrogens with one attached hydrogen (secondary N) is 6. The van der Waals surface area contributed by atoms with Crippen LogP contribution in [-0.4, -0.2) is 101 Å². The Morgan fingerprint density at radius 3 is 1.44 bits per heavy atom. The standard InChI is InChI=1S/C38H48N8O9/c1-22(34(40)51)43-32(50)21-41-31(49)20-42-35(52)28(19-26-13-15-27(48)16-14-26)44-36(53)29(17-24-9-5-3-6-10-24)45-37(54)30(18-25-11-7-4-8-12-25)46-38(55)33(39)23(2)47/h3-16,22-23,28-30,33,47-48H,17-21,39H2,1-2H3,(H2,40,51)(H,41,49)(H,42,52)(H,43,50)(H,44,53)(H,45,54)(H,46,55)/t22-,23+,28-,29-,30-,33-/m0/s1. The van der Waals surface area contributed by atoms with Crippen LogP contribution in [0.15, 0.2) is 84.9 Å². The predicted octanol–water partition coefficient (Wildman–Crippen LogP) is -2.19. The number of phenolic OH excluding ortho intramolecular Hbond substituents is 1. The Labute approximate surface area is 318 Å². The highest BCUT2D eigenvalue weighted by atomic mass is 16.3. The van der Waals surface area contributed by atoms with E-state index < -0.39 is 90.8 Å². The third-order valence-corrected chi connectivity index (χ3v) is 8.34. The number of hydrogen-bond acceptors (Lipinski definition) is 10. The zero-order valence-electron chi connectivity index (χ0n) is 30.5. The van der Waals surface area contributed by atoms with E-state index in [2.05, 4.69) is 31.9 Å². The van der Waals surface area contributed by atoms with E-state index in [1.165, 1.54) is 38.1 Å². The molecule has 0 aliphatic rings. The van der Waals surface area contributed by atoms with Crippen LogP contribution in [-0.2, 0) is 52.8 Å². The summed E-state index contributed by atoms with van der Waals surface area (Å²) in [4.78, 5) is 90.0. The molecule has 0 bridgehead atoms. The maximum absolute atomic E-state index is 14.1. The minimum absolute atomic E-state index is 0.0182. The molecule has 17 nitrogen and oxygen atoms in total. The average Bonchev–Trinajstić information content (AvgIpc) is 3.16. The molecule has 7 amide bonds. The SMILES string of the molecule is C[C@H](NC(=O)CNC(=O)CNC(=O)[C@H](Cc1ccc(O)cc1)NC(=O)[C@H](Cc1ccccc1)NC(=O)[C@H](Cc1ccccc1)NC(=O)[C@@H](N)[C@@H](C)O)C(N)=O. The molecule has 0 unspecified atom stereocenters. The molecule has 0 saturated carbocycles. The van der Waals surface area contributed by atoms with Gasteiger partial charge in [-0.2, -0.15) is 0 Å². The second kappa shape index (κ2) is 21.4. The molecule has 0 aromatic heterocycles. The Morgan fingerprint density at radius 2 is 0.982 bits per heavy atom. The van der Waals surface area contributed by atoms with E-state index in [4.69, 9.17) is 11.5 Å². The number of aliphatic hydroxyl groups excluding tert-OH is 1. The Kier molecular flexibility index (Phi) is 16.8. The van der Waals surface area contributed by atoms with Crippen molar-refractivity contribution < 1.29 is 43.8 Å². The van der Waals surface area contributed by atoms with Gasteiger partial charge in [-0.1, -0.05) is 72.8 Å². The molecule has 55 heavy (non-hydrogen) atoms. The van der Waals surface area contributed by atoms with Gasteiger partial charge in [0.25, 0.3) is 0 Å². The first-order chi connectivity index (χ1) is 26.1. The summed E-state index contributed by atoms with van der Waals surface area (Å²) >= 11 is 0. The summed E-state index contributed by atoms with van der Waals surface area (Å²) in [5.74, 6) is -5.32. The highest BCUT2D eigenvalue weighted by Gasteiger charge is 2.32. The van der Waals surface area contributed by atoms with E-state index in [0.29, 0.717) is 16.7 Å². The Hall–Kier alpha value is -6.33. The van der Waals surface area contributed by atoms with Crippen molar-refractivity contribution in [1.29, 1.82) is 0 Å². The number of nitrogens with two attached hydrogens (primary N) is 2. The fraction of sp³-hybridized carbons (Fsp3) is 0.342. The van der Waals surface area contributed by atoms with Crippen molar-refractivity contribution >= 4 is 41.4 Å². The largest absolute Gasteiger partial charge is 0.508 e. The van der Waals surface area contributed by atoms with Crippen LogP contribution in [0, 0.1) is 0 Å². The molecule has 0 aliphatic carbocycles. The van der Waals surface area contributed by atoms with E-state index in [1.54, 1.807) is 60.7 Å². The van der Waals surface area contributed by atoms with Gasteiger partial charge in [0.05, 0.1) is 19.2 Å². The molecule has 0 saturated heterocycles. The number of carbonyl (C=O) groups is 7. The maximum atomic E-state index is 14.1. The third-order valence-electron chi connectivity index (χ3n) is 8.34. The van der Waals surface area contributed by atoms with Crippen molar-refractivity contribution in [3.8, 4) is 5.75 Å². The molecule has 294 valence electrons. The summed E-state index contributed by atoms with van der Waals surface area (Å²) < 4.78 is 0. The lowest BCUT2D eigenvalue weighted by molar-refractivity contribution is -0.134. The van der Waals surface area contributed by atoms with Crippen LogP contribution < -0.4 is 43.4 Å². The lowest BCUT2D eigenvalue weighted by Gasteiger charge is -2.26. The molecule has 0 aliphatic heterocycles. The first kappa shape index (κ1) is 43.1. The number of benzene rings is 3. The molecule has 6 atom stereocenters. The zero-order chi connectivity index (χ0) is 40.5. The van der Waals surface area contributed by atoms with E-state index in [9.17, 15) is 43.8 Å². The topological polar surface area (TPSA) is 284 Å². The fourth-order valence-corrected chi connectivity index (χ4v) is 5.12. The second-order valence-electron chi connectivity index (χ2n) is 12.9. The molecule has 3 rings (SSSR count). The number of phenols is 1. The second-order valence-corrected chi connectivity index (χ2v) is 12.9. The van der Waals surface area contributed by atoms with Gasteiger partial charge >= 0.3 is 0 Å². The van der Waals surface area contributed by atoms with Crippen LogP contribution in [0.5, 0.6) is 5.75 Å². The number of aliphatic hydroxyl groups is 1. The molecule has 3 aromatic carbocycles. The molecule has 3 aromatic rings. The van der Waals surface area contributed by atoms with Gasteiger partial charge in [-0.05, 0) is 42.7 Å². The number of amides is 7. The van der Waals surface area contributed by atoms with Crippen LogP contribution in [0.2, 0.25) is 0 Å². The van der Waals surface area contributed by atoms with Gasteiger partial charge < -0.3 is 53.6 Å². The van der Waals surface area contributed by atoms with Crippen molar-refractivity contribution in [2.75, 3.05) is 13.1 Å². The lowest BCUT2D eigenvalue weighted by Crippen LogP contribution is -2.59. The Morgan fingerprint density at radius 1 is 0.564 bits per heavy atom. The molecule has 0 fully saturated rings. The zero-order valence-corrected chi connectivity index (χ0v) is 30.5. The van der Waals surface area contributed by atoms with Gasteiger partial charge in [0.2, 0.25) is 41.4 Å².